The van der Waals surface area contributed by atoms with Crippen molar-refractivity contribution < 1.29 is 14.3 Å². The van der Waals surface area contributed by atoms with E-state index in [9.17, 15) is 9.59 Å². The van der Waals surface area contributed by atoms with Crippen LogP contribution in [0, 0.1) is 5.41 Å². The summed E-state index contributed by atoms with van der Waals surface area (Å²) in [5.41, 5.74) is 0.167. The topological polar surface area (TPSA) is 43.4 Å². The van der Waals surface area contributed by atoms with E-state index in [4.69, 9.17) is 4.74 Å². The molecule has 1 aliphatic rings. The summed E-state index contributed by atoms with van der Waals surface area (Å²) in [5.74, 6) is 0.249. The molecule has 3 nitrogen and oxygen atoms in total. The van der Waals surface area contributed by atoms with Crippen molar-refractivity contribution in [1.29, 1.82) is 0 Å². The van der Waals surface area contributed by atoms with Crippen LogP contribution in [0.4, 0.5) is 0 Å². The monoisotopic (exact) mass is 242 g/mol. The summed E-state index contributed by atoms with van der Waals surface area (Å²) in [6, 6.07) is 0. The van der Waals surface area contributed by atoms with Gasteiger partial charge in [0.1, 0.15) is 5.78 Å². The molecule has 0 aromatic carbocycles. The first-order valence-corrected chi connectivity index (χ1v) is 6.73. The molecule has 0 bridgehead atoms. The Kier molecular flexibility index (Phi) is 7.85. The average Bonchev–Trinajstić information content (AvgIpc) is 2.34. The Balaban J connectivity index is 0.00000121. The third kappa shape index (κ3) is 6.44. The molecule has 1 aliphatic carbocycles. The number of carbonyl (C=O) groups excluding carboxylic acids is 2. The van der Waals surface area contributed by atoms with Crippen molar-refractivity contribution >= 4 is 11.8 Å². The molecule has 0 atom stereocenters. The molecule has 0 N–H and O–H groups in total. The van der Waals surface area contributed by atoms with E-state index in [0.29, 0.717) is 31.7 Å². The van der Waals surface area contributed by atoms with Crippen LogP contribution in [0.5, 0.6) is 0 Å². The maximum atomic E-state index is 11.2. The van der Waals surface area contributed by atoms with E-state index >= 15 is 0 Å². The number of Topliss-reactive ketones (excluding diaryl/α,β-unsaturated/α-hetero) is 1. The molecule has 0 unspecified atom stereocenters. The largest absolute Gasteiger partial charge is 0.466 e. The lowest BCUT2D eigenvalue weighted by atomic mass is 9.72. The summed E-state index contributed by atoms with van der Waals surface area (Å²) in [4.78, 5) is 22.3. The van der Waals surface area contributed by atoms with E-state index < -0.39 is 0 Å². The summed E-state index contributed by atoms with van der Waals surface area (Å²) >= 11 is 0. The van der Waals surface area contributed by atoms with Crippen LogP contribution in [0.1, 0.15) is 66.2 Å². The number of esters is 1. The predicted molar refractivity (Wildman–Crippen MR) is 68.8 cm³/mol. The lowest BCUT2D eigenvalue weighted by molar-refractivity contribution is -0.143. The molecule has 0 radical (unpaired) electrons. The summed E-state index contributed by atoms with van der Waals surface area (Å²) in [5, 5.41) is 0. The molecule has 0 aromatic rings. The first-order valence-electron chi connectivity index (χ1n) is 6.73. The average molecular weight is 242 g/mol. The molecule has 100 valence electrons. The van der Waals surface area contributed by atoms with Gasteiger partial charge in [-0.25, -0.2) is 0 Å². The van der Waals surface area contributed by atoms with Crippen molar-refractivity contribution in [2.45, 2.75) is 66.2 Å². The fraction of sp³-hybridized carbons (Fsp3) is 0.857. The second-order valence-electron chi connectivity index (χ2n) is 4.65. The number of hydrogen-bond acceptors (Lipinski definition) is 3. The Morgan fingerprint density at radius 3 is 2.29 bits per heavy atom. The van der Waals surface area contributed by atoms with Gasteiger partial charge in [0.2, 0.25) is 0 Å². The Labute approximate surface area is 105 Å². The van der Waals surface area contributed by atoms with Gasteiger partial charge >= 0.3 is 5.97 Å². The predicted octanol–water partition coefficient (Wildman–Crippen LogP) is 3.51. The van der Waals surface area contributed by atoms with Gasteiger partial charge < -0.3 is 4.74 Å². The van der Waals surface area contributed by atoms with Gasteiger partial charge in [-0.05, 0) is 31.6 Å². The highest BCUT2D eigenvalue weighted by atomic mass is 16.5. The highest BCUT2D eigenvalue weighted by molar-refractivity contribution is 5.79. The second-order valence-corrected chi connectivity index (χ2v) is 4.65. The van der Waals surface area contributed by atoms with Crippen molar-refractivity contribution in [3.05, 3.63) is 0 Å². The van der Waals surface area contributed by atoms with Crippen molar-refractivity contribution in [3.8, 4) is 0 Å². The van der Waals surface area contributed by atoms with Crippen molar-refractivity contribution in [2.24, 2.45) is 5.41 Å². The zero-order chi connectivity index (χ0) is 13.3. The minimum Gasteiger partial charge on any atom is -0.466 e. The Morgan fingerprint density at radius 1 is 1.29 bits per heavy atom. The molecular weight excluding hydrogens is 216 g/mol. The minimum atomic E-state index is -0.115. The molecule has 0 aliphatic heterocycles. The van der Waals surface area contributed by atoms with Gasteiger partial charge in [-0.15, -0.1) is 0 Å². The standard InChI is InChI=1S/C12H20O3.C2H6/c1-3-15-11(14)6-9-12(2)7-4-10(13)5-8-12;1-2/h3-9H2,1-2H3;1-2H3. The van der Waals surface area contributed by atoms with Crippen LogP contribution in [0.25, 0.3) is 0 Å². The maximum absolute atomic E-state index is 11.2. The molecule has 0 amide bonds. The number of carbonyl (C=O) groups is 2. The van der Waals surface area contributed by atoms with Gasteiger partial charge in [0.05, 0.1) is 6.61 Å². The van der Waals surface area contributed by atoms with Crippen LogP contribution in [-0.2, 0) is 14.3 Å². The van der Waals surface area contributed by atoms with Crippen LogP contribution in [0.3, 0.4) is 0 Å². The van der Waals surface area contributed by atoms with E-state index in [2.05, 4.69) is 6.92 Å². The Bertz CT molecular complexity index is 236. The Hall–Kier alpha value is -0.860. The number of rotatable bonds is 4. The zero-order valence-electron chi connectivity index (χ0n) is 11.7. The van der Waals surface area contributed by atoms with Crippen LogP contribution < -0.4 is 0 Å². The molecule has 0 spiro atoms. The first-order chi connectivity index (χ1) is 8.06. The highest BCUT2D eigenvalue weighted by Crippen LogP contribution is 2.38. The van der Waals surface area contributed by atoms with Crippen molar-refractivity contribution in [1.82, 2.24) is 0 Å². The highest BCUT2D eigenvalue weighted by Gasteiger charge is 2.30. The van der Waals surface area contributed by atoms with Crippen LogP contribution in [-0.4, -0.2) is 18.4 Å². The van der Waals surface area contributed by atoms with Crippen molar-refractivity contribution in [2.75, 3.05) is 6.61 Å². The van der Waals surface area contributed by atoms with Crippen LogP contribution in [0.2, 0.25) is 0 Å². The van der Waals surface area contributed by atoms with Gasteiger partial charge in [-0.2, -0.15) is 0 Å². The minimum absolute atomic E-state index is 0.115. The second kappa shape index (κ2) is 8.26. The van der Waals surface area contributed by atoms with Crippen LogP contribution in [0.15, 0.2) is 0 Å². The number of ether oxygens (including phenoxy) is 1. The van der Waals surface area contributed by atoms with E-state index in [1.807, 2.05) is 20.8 Å². The van der Waals surface area contributed by atoms with Crippen molar-refractivity contribution in [3.63, 3.8) is 0 Å². The zero-order valence-corrected chi connectivity index (χ0v) is 11.7. The van der Waals surface area contributed by atoms with E-state index in [0.717, 1.165) is 19.3 Å². The van der Waals surface area contributed by atoms with E-state index in [1.165, 1.54) is 0 Å². The molecule has 0 heterocycles. The number of ketones is 1. The lowest BCUT2D eigenvalue weighted by Crippen LogP contribution is -2.25. The quantitative estimate of drug-likeness (QED) is 0.709. The van der Waals surface area contributed by atoms with Gasteiger partial charge in [-0.3, -0.25) is 9.59 Å². The smallest absolute Gasteiger partial charge is 0.305 e. The molecule has 0 aromatic heterocycles. The first kappa shape index (κ1) is 16.1. The molecule has 0 saturated heterocycles. The Morgan fingerprint density at radius 2 is 1.82 bits per heavy atom. The lowest BCUT2D eigenvalue weighted by Gasteiger charge is -2.32. The summed E-state index contributed by atoms with van der Waals surface area (Å²) in [7, 11) is 0. The van der Waals surface area contributed by atoms with Crippen LogP contribution >= 0.6 is 0 Å². The summed E-state index contributed by atoms with van der Waals surface area (Å²) in [6.07, 6.45) is 4.53. The summed E-state index contributed by atoms with van der Waals surface area (Å²) < 4.78 is 4.89. The third-order valence-corrected chi connectivity index (χ3v) is 3.25. The van der Waals surface area contributed by atoms with Gasteiger partial charge in [0.15, 0.2) is 0 Å². The fourth-order valence-corrected chi connectivity index (χ4v) is 2.02. The van der Waals surface area contributed by atoms with Gasteiger partial charge in [-0.1, -0.05) is 20.8 Å². The molecular formula is C14H26O3. The summed E-state index contributed by atoms with van der Waals surface area (Å²) in [6.45, 7) is 8.44. The third-order valence-electron chi connectivity index (χ3n) is 3.25. The number of hydrogen-bond donors (Lipinski definition) is 0. The normalized spacial score (nSPS) is 18.0. The maximum Gasteiger partial charge on any atom is 0.305 e. The molecule has 17 heavy (non-hydrogen) atoms. The SMILES string of the molecule is CC.CCOC(=O)CCC1(C)CCC(=O)CC1. The van der Waals surface area contributed by atoms with E-state index in [-0.39, 0.29) is 11.4 Å². The molecule has 3 heteroatoms. The van der Waals surface area contributed by atoms with E-state index in [1.54, 1.807) is 0 Å². The fourth-order valence-electron chi connectivity index (χ4n) is 2.02. The molecule has 1 fully saturated rings. The molecule has 1 saturated carbocycles. The van der Waals surface area contributed by atoms with Gasteiger partial charge in [0.25, 0.3) is 0 Å². The molecule has 1 rings (SSSR count). The van der Waals surface area contributed by atoms with Gasteiger partial charge in [0, 0.05) is 19.3 Å².